The Labute approximate surface area is 119 Å². The number of aryl methyl sites for hydroxylation is 1. The second-order valence-corrected chi connectivity index (χ2v) is 5.32. The number of rotatable bonds is 3. The third kappa shape index (κ3) is 2.54. The van der Waals surface area contributed by atoms with Crippen LogP contribution in [0.4, 0.5) is 0 Å². The van der Waals surface area contributed by atoms with Gasteiger partial charge in [-0.1, -0.05) is 30.3 Å². The van der Waals surface area contributed by atoms with Gasteiger partial charge in [0.1, 0.15) is 0 Å². The van der Waals surface area contributed by atoms with E-state index in [1.165, 1.54) is 5.56 Å². The number of ether oxygens (including phenoxy) is 1. The first kappa shape index (κ1) is 13.1. The summed E-state index contributed by atoms with van der Waals surface area (Å²) >= 11 is 0. The maximum atomic E-state index is 10.5. The third-order valence-corrected chi connectivity index (χ3v) is 4.07. The SMILES string of the molecule is COc1cccc(CC2CCc3ccccc3C2O)n1. The molecule has 0 bridgehead atoms. The largest absolute Gasteiger partial charge is 0.481 e. The van der Waals surface area contributed by atoms with Crippen molar-refractivity contribution in [1.82, 2.24) is 4.98 Å². The number of aliphatic hydroxyl groups excluding tert-OH is 1. The number of aliphatic hydroxyl groups is 1. The lowest BCUT2D eigenvalue weighted by atomic mass is 9.79. The fourth-order valence-corrected chi connectivity index (χ4v) is 2.97. The molecule has 3 nitrogen and oxygen atoms in total. The lowest BCUT2D eigenvalue weighted by Crippen LogP contribution is -2.22. The molecule has 1 aliphatic rings. The normalized spacial score (nSPS) is 21.3. The molecular weight excluding hydrogens is 250 g/mol. The summed E-state index contributed by atoms with van der Waals surface area (Å²) in [6.45, 7) is 0. The zero-order valence-corrected chi connectivity index (χ0v) is 11.6. The number of nitrogens with zero attached hydrogens (tertiary/aromatic N) is 1. The average molecular weight is 269 g/mol. The monoisotopic (exact) mass is 269 g/mol. The van der Waals surface area contributed by atoms with Crippen LogP contribution in [0, 0.1) is 5.92 Å². The summed E-state index contributed by atoms with van der Waals surface area (Å²) < 4.78 is 5.15. The molecule has 0 saturated carbocycles. The molecule has 0 aliphatic heterocycles. The van der Waals surface area contributed by atoms with Crippen LogP contribution in [0.25, 0.3) is 0 Å². The number of fused-ring (bicyclic) bond motifs is 1. The Kier molecular flexibility index (Phi) is 3.70. The fourth-order valence-electron chi connectivity index (χ4n) is 2.97. The molecule has 1 aromatic carbocycles. The van der Waals surface area contributed by atoms with E-state index in [-0.39, 0.29) is 5.92 Å². The standard InChI is InChI=1S/C17H19NO2/c1-20-16-8-4-6-14(18-16)11-13-10-9-12-5-2-3-7-15(12)17(13)19/h2-8,13,17,19H,9-11H2,1H3. The molecule has 2 aromatic rings. The van der Waals surface area contributed by atoms with Crippen molar-refractivity contribution in [2.24, 2.45) is 5.92 Å². The van der Waals surface area contributed by atoms with Crippen LogP contribution in [0.5, 0.6) is 5.88 Å². The second-order valence-electron chi connectivity index (χ2n) is 5.32. The van der Waals surface area contributed by atoms with E-state index in [2.05, 4.69) is 11.1 Å². The van der Waals surface area contributed by atoms with Gasteiger partial charge in [-0.05, 0) is 42.4 Å². The van der Waals surface area contributed by atoms with Gasteiger partial charge in [-0.3, -0.25) is 0 Å². The molecule has 1 aromatic heterocycles. The highest BCUT2D eigenvalue weighted by Crippen LogP contribution is 2.36. The van der Waals surface area contributed by atoms with E-state index >= 15 is 0 Å². The molecule has 20 heavy (non-hydrogen) atoms. The van der Waals surface area contributed by atoms with Crippen LogP contribution >= 0.6 is 0 Å². The molecule has 0 radical (unpaired) electrons. The van der Waals surface area contributed by atoms with Crippen LogP contribution < -0.4 is 4.74 Å². The Morgan fingerprint density at radius 1 is 1.20 bits per heavy atom. The first-order chi connectivity index (χ1) is 9.78. The maximum absolute atomic E-state index is 10.5. The minimum atomic E-state index is -0.395. The average Bonchev–Trinajstić information content (AvgIpc) is 2.50. The molecule has 1 N–H and O–H groups in total. The lowest BCUT2D eigenvalue weighted by molar-refractivity contribution is 0.0930. The van der Waals surface area contributed by atoms with Gasteiger partial charge < -0.3 is 9.84 Å². The van der Waals surface area contributed by atoms with Crippen molar-refractivity contribution in [1.29, 1.82) is 0 Å². The van der Waals surface area contributed by atoms with Gasteiger partial charge >= 0.3 is 0 Å². The van der Waals surface area contributed by atoms with Crippen molar-refractivity contribution >= 4 is 0 Å². The summed E-state index contributed by atoms with van der Waals surface area (Å²) in [6, 6.07) is 14.0. The van der Waals surface area contributed by atoms with E-state index in [1.54, 1.807) is 7.11 Å². The second kappa shape index (κ2) is 5.63. The molecule has 0 amide bonds. The van der Waals surface area contributed by atoms with Crippen LogP contribution in [0.3, 0.4) is 0 Å². The summed E-state index contributed by atoms with van der Waals surface area (Å²) in [5, 5.41) is 10.5. The van der Waals surface area contributed by atoms with Gasteiger partial charge in [-0.2, -0.15) is 0 Å². The maximum Gasteiger partial charge on any atom is 0.213 e. The number of methoxy groups -OCH3 is 1. The van der Waals surface area contributed by atoms with Crippen LogP contribution in [0.15, 0.2) is 42.5 Å². The third-order valence-electron chi connectivity index (χ3n) is 4.07. The van der Waals surface area contributed by atoms with Crippen molar-refractivity contribution in [3.63, 3.8) is 0 Å². The summed E-state index contributed by atoms with van der Waals surface area (Å²) in [6.07, 6.45) is 2.42. The quantitative estimate of drug-likeness (QED) is 0.931. The Balaban J connectivity index is 1.79. The van der Waals surface area contributed by atoms with E-state index in [4.69, 9.17) is 4.74 Å². The van der Waals surface area contributed by atoms with Crippen molar-refractivity contribution in [3.8, 4) is 5.88 Å². The zero-order chi connectivity index (χ0) is 13.9. The molecular formula is C17H19NO2. The molecule has 3 rings (SSSR count). The van der Waals surface area contributed by atoms with E-state index in [1.807, 2.05) is 36.4 Å². The van der Waals surface area contributed by atoms with Gasteiger partial charge in [0.15, 0.2) is 0 Å². The van der Waals surface area contributed by atoms with Gasteiger partial charge in [-0.15, -0.1) is 0 Å². The van der Waals surface area contributed by atoms with Crippen LogP contribution in [-0.4, -0.2) is 17.2 Å². The Morgan fingerprint density at radius 3 is 2.90 bits per heavy atom. The van der Waals surface area contributed by atoms with Crippen LogP contribution in [-0.2, 0) is 12.8 Å². The van der Waals surface area contributed by atoms with E-state index < -0.39 is 6.10 Å². The number of benzene rings is 1. The predicted octanol–water partition coefficient (Wildman–Crippen LogP) is 2.93. The molecule has 2 atom stereocenters. The molecule has 0 spiro atoms. The molecule has 2 unspecified atom stereocenters. The number of hydrogen-bond acceptors (Lipinski definition) is 3. The van der Waals surface area contributed by atoms with Crippen LogP contribution in [0.1, 0.15) is 29.3 Å². The highest BCUT2D eigenvalue weighted by atomic mass is 16.5. The van der Waals surface area contributed by atoms with E-state index in [0.29, 0.717) is 5.88 Å². The van der Waals surface area contributed by atoms with Crippen molar-refractivity contribution < 1.29 is 9.84 Å². The van der Waals surface area contributed by atoms with Crippen molar-refractivity contribution in [3.05, 3.63) is 59.3 Å². The molecule has 0 fully saturated rings. The molecule has 104 valence electrons. The molecule has 3 heteroatoms. The van der Waals surface area contributed by atoms with Gasteiger partial charge in [0.25, 0.3) is 0 Å². The minimum Gasteiger partial charge on any atom is -0.481 e. The van der Waals surface area contributed by atoms with Crippen molar-refractivity contribution in [2.75, 3.05) is 7.11 Å². The molecule has 1 aliphatic carbocycles. The Bertz CT molecular complexity index is 597. The first-order valence-electron chi connectivity index (χ1n) is 7.03. The topological polar surface area (TPSA) is 42.4 Å². The number of hydrogen-bond donors (Lipinski definition) is 1. The summed E-state index contributed by atoms with van der Waals surface area (Å²) in [5.74, 6) is 0.859. The Morgan fingerprint density at radius 2 is 2.05 bits per heavy atom. The van der Waals surface area contributed by atoms with Gasteiger partial charge in [0, 0.05) is 11.8 Å². The highest BCUT2D eigenvalue weighted by Gasteiger charge is 2.27. The fraction of sp³-hybridized carbons (Fsp3) is 0.353. The summed E-state index contributed by atoms with van der Waals surface area (Å²) in [5.41, 5.74) is 3.33. The smallest absolute Gasteiger partial charge is 0.213 e. The highest BCUT2D eigenvalue weighted by molar-refractivity contribution is 5.32. The van der Waals surface area contributed by atoms with E-state index in [0.717, 1.165) is 30.5 Å². The predicted molar refractivity (Wildman–Crippen MR) is 77.7 cm³/mol. The van der Waals surface area contributed by atoms with Crippen LogP contribution in [0.2, 0.25) is 0 Å². The van der Waals surface area contributed by atoms with Gasteiger partial charge in [0.2, 0.25) is 5.88 Å². The summed E-state index contributed by atoms with van der Waals surface area (Å²) in [4.78, 5) is 4.44. The number of aromatic nitrogens is 1. The zero-order valence-electron chi connectivity index (χ0n) is 11.6. The summed E-state index contributed by atoms with van der Waals surface area (Å²) in [7, 11) is 1.62. The minimum absolute atomic E-state index is 0.226. The Hall–Kier alpha value is -1.87. The molecule has 1 heterocycles. The van der Waals surface area contributed by atoms with Crippen molar-refractivity contribution in [2.45, 2.75) is 25.4 Å². The lowest BCUT2D eigenvalue weighted by Gasteiger charge is -2.30. The van der Waals surface area contributed by atoms with E-state index in [9.17, 15) is 5.11 Å². The number of pyridine rings is 1. The first-order valence-corrected chi connectivity index (χ1v) is 7.03. The molecule has 0 saturated heterocycles. The van der Waals surface area contributed by atoms with Gasteiger partial charge in [-0.25, -0.2) is 4.98 Å². The van der Waals surface area contributed by atoms with Gasteiger partial charge in [0.05, 0.1) is 13.2 Å².